The Bertz CT molecular complexity index is 375. The van der Waals surface area contributed by atoms with Gasteiger partial charge in [-0.3, -0.25) is 9.79 Å². The molecule has 1 heterocycles. The third kappa shape index (κ3) is 10.2. The Labute approximate surface area is 168 Å². The van der Waals surface area contributed by atoms with Gasteiger partial charge in [-0.25, -0.2) is 0 Å². The lowest BCUT2D eigenvalue weighted by Crippen LogP contribution is -2.46. The summed E-state index contributed by atoms with van der Waals surface area (Å²) in [6.45, 7) is 6.91. The standard InChI is InChI=1S/C17H33N3O4.HI/c1-4-24-16(21)15-7-10-20(11-8-15)17(18-2)19-9-5-6-12-23-14-13-22-3;/h15H,4-14H2,1-3H3,(H,18,19);1H. The van der Waals surface area contributed by atoms with Gasteiger partial charge in [0.2, 0.25) is 0 Å². The number of guanidine groups is 1. The first-order valence-corrected chi connectivity index (χ1v) is 8.91. The van der Waals surface area contributed by atoms with E-state index in [4.69, 9.17) is 14.2 Å². The quantitative estimate of drug-likeness (QED) is 0.173. The van der Waals surface area contributed by atoms with Crippen LogP contribution in [0.5, 0.6) is 0 Å². The fraction of sp³-hybridized carbons (Fsp3) is 0.882. The molecule has 0 unspecified atom stereocenters. The van der Waals surface area contributed by atoms with Crippen LogP contribution in [0.25, 0.3) is 0 Å². The van der Waals surface area contributed by atoms with Crippen LogP contribution < -0.4 is 5.32 Å². The number of rotatable bonds is 10. The Balaban J connectivity index is 0.00000576. The molecule has 8 heteroatoms. The number of hydrogen-bond donors (Lipinski definition) is 1. The maximum atomic E-state index is 11.8. The highest BCUT2D eigenvalue weighted by molar-refractivity contribution is 14.0. The number of ether oxygens (including phenoxy) is 3. The smallest absolute Gasteiger partial charge is 0.309 e. The lowest BCUT2D eigenvalue weighted by molar-refractivity contribution is -0.149. The number of halogens is 1. The number of piperidine rings is 1. The van der Waals surface area contributed by atoms with Gasteiger partial charge in [0.05, 0.1) is 25.7 Å². The molecule has 0 atom stereocenters. The maximum absolute atomic E-state index is 11.8. The normalized spacial score (nSPS) is 15.6. The fourth-order valence-corrected chi connectivity index (χ4v) is 2.69. The maximum Gasteiger partial charge on any atom is 0.309 e. The topological polar surface area (TPSA) is 72.4 Å². The van der Waals surface area contributed by atoms with Crippen molar-refractivity contribution in [3.05, 3.63) is 0 Å². The van der Waals surface area contributed by atoms with Gasteiger partial charge in [0.25, 0.3) is 0 Å². The lowest BCUT2D eigenvalue weighted by Gasteiger charge is -2.33. The van der Waals surface area contributed by atoms with Crippen molar-refractivity contribution in [2.75, 3.05) is 60.2 Å². The van der Waals surface area contributed by atoms with Crippen molar-refractivity contribution in [1.29, 1.82) is 0 Å². The van der Waals surface area contributed by atoms with Crippen molar-refractivity contribution in [2.45, 2.75) is 32.6 Å². The zero-order valence-corrected chi connectivity index (χ0v) is 18.1. The second-order valence-electron chi connectivity index (χ2n) is 5.80. The molecule has 7 nitrogen and oxygen atoms in total. The number of aliphatic imine (C=N–C) groups is 1. The van der Waals surface area contributed by atoms with E-state index in [1.54, 1.807) is 14.2 Å². The van der Waals surface area contributed by atoms with Gasteiger partial charge in [-0.2, -0.15) is 0 Å². The summed E-state index contributed by atoms with van der Waals surface area (Å²) in [6, 6.07) is 0. The van der Waals surface area contributed by atoms with Gasteiger partial charge < -0.3 is 24.4 Å². The highest BCUT2D eigenvalue weighted by Crippen LogP contribution is 2.18. The number of nitrogens with one attached hydrogen (secondary N) is 1. The molecule has 0 bridgehead atoms. The Morgan fingerprint density at radius 1 is 1.20 bits per heavy atom. The lowest BCUT2D eigenvalue weighted by atomic mass is 9.97. The Kier molecular flexibility index (Phi) is 15.2. The predicted molar refractivity (Wildman–Crippen MR) is 110 cm³/mol. The zero-order chi connectivity index (χ0) is 17.6. The summed E-state index contributed by atoms with van der Waals surface area (Å²) in [6.07, 6.45) is 3.70. The van der Waals surface area contributed by atoms with E-state index in [1.165, 1.54) is 0 Å². The van der Waals surface area contributed by atoms with E-state index in [-0.39, 0.29) is 35.9 Å². The first-order chi connectivity index (χ1) is 11.7. The second kappa shape index (κ2) is 15.6. The van der Waals surface area contributed by atoms with Crippen LogP contribution in [0.3, 0.4) is 0 Å². The summed E-state index contributed by atoms with van der Waals surface area (Å²) >= 11 is 0. The highest BCUT2D eigenvalue weighted by Gasteiger charge is 2.27. The molecule has 0 aliphatic carbocycles. The van der Waals surface area contributed by atoms with Gasteiger partial charge in [0, 0.05) is 40.4 Å². The Morgan fingerprint density at radius 2 is 1.92 bits per heavy atom. The number of carbonyl (C=O) groups excluding carboxylic acids is 1. The van der Waals surface area contributed by atoms with Crippen molar-refractivity contribution in [1.82, 2.24) is 10.2 Å². The number of hydrogen-bond acceptors (Lipinski definition) is 5. The van der Waals surface area contributed by atoms with E-state index in [0.29, 0.717) is 19.8 Å². The SMILES string of the molecule is CCOC(=O)C1CCN(C(=NC)NCCCCOCCOC)CC1.I. The average molecular weight is 471 g/mol. The van der Waals surface area contributed by atoms with Gasteiger partial charge in [-0.1, -0.05) is 0 Å². The van der Waals surface area contributed by atoms with Crippen LogP contribution >= 0.6 is 24.0 Å². The summed E-state index contributed by atoms with van der Waals surface area (Å²) in [5, 5.41) is 3.39. The molecular formula is C17H34IN3O4. The van der Waals surface area contributed by atoms with E-state index in [2.05, 4.69) is 15.2 Å². The number of esters is 1. The second-order valence-corrected chi connectivity index (χ2v) is 5.80. The molecule has 0 aromatic carbocycles. The van der Waals surface area contributed by atoms with E-state index in [9.17, 15) is 4.79 Å². The van der Waals surface area contributed by atoms with E-state index < -0.39 is 0 Å². The molecule has 0 amide bonds. The van der Waals surface area contributed by atoms with Crippen LogP contribution in [-0.2, 0) is 19.0 Å². The summed E-state index contributed by atoms with van der Waals surface area (Å²) in [4.78, 5) is 18.3. The molecule has 0 radical (unpaired) electrons. The summed E-state index contributed by atoms with van der Waals surface area (Å²) in [7, 11) is 3.47. The van der Waals surface area contributed by atoms with Crippen molar-refractivity contribution < 1.29 is 19.0 Å². The first-order valence-electron chi connectivity index (χ1n) is 8.91. The van der Waals surface area contributed by atoms with Crippen molar-refractivity contribution >= 4 is 35.9 Å². The summed E-state index contributed by atoms with van der Waals surface area (Å²) in [5.41, 5.74) is 0. The third-order valence-electron chi connectivity index (χ3n) is 4.06. The van der Waals surface area contributed by atoms with Crippen molar-refractivity contribution in [3.63, 3.8) is 0 Å². The van der Waals surface area contributed by atoms with Gasteiger partial charge in [0.1, 0.15) is 0 Å². The number of unbranched alkanes of at least 4 members (excludes halogenated alkanes) is 1. The first kappa shape index (κ1) is 24.4. The fourth-order valence-electron chi connectivity index (χ4n) is 2.69. The van der Waals surface area contributed by atoms with Gasteiger partial charge in [-0.05, 0) is 32.6 Å². The molecule has 0 aromatic rings. The van der Waals surface area contributed by atoms with Gasteiger partial charge >= 0.3 is 5.97 Å². The number of carbonyl (C=O) groups is 1. The predicted octanol–water partition coefficient (Wildman–Crippen LogP) is 1.90. The van der Waals surface area contributed by atoms with Crippen LogP contribution in [0.15, 0.2) is 4.99 Å². The monoisotopic (exact) mass is 471 g/mol. The van der Waals surface area contributed by atoms with Crippen LogP contribution in [-0.4, -0.2) is 77.0 Å². The molecule has 1 aliphatic heterocycles. The van der Waals surface area contributed by atoms with Gasteiger partial charge in [-0.15, -0.1) is 24.0 Å². The summed E-state index contributed by atoms with van der Waals surface area (Å²) < 4.78 is 15.5. The van der Waals surface area contributed by atoms with E-state index in [0.717, 1.165) is 57.9 Å². The number of nitrogens with zero attached hydrogens (tertiary/aromatic N) is 2. The molecule has 1 fully saturated rings. The van der Waals surface area contributed by atoms with Crippen molar-refractivity contribution in [3.8, 4) is 0 Å². The third-order valence-corrected chi connectivity index (χ3v) is 4.06. The van der Waals surface area contributed by atoms with E-state index in [1.807, 2.05) is 6.92 Å². The molecule has 1 aliphatic rings. The average Bonchev–Trinajstić information content (AvgIpc) is 2.61. The van der Waals surface area contributed by atoms with Crippen LogP contribution in [0, 0.1) is 5.92 Å². The number of likely N-dealkylation sites (tertiary alicyclic amines) is 1. The minimum atomic E-state index is -0.0615. The highest BCUT2D eigenvalue weighted by atomic mass is 127. The molecule has 148 valence electrons. The largest absolute Gasteiger partial charge is 0.466 e. The molecule has 1 saturated heterocycles. The minimum absolute atomic E-state index is 0. The number of methoxy groups -OCH3 is 1. The minimum Gasteiger partial charge on any atom is -0.466 e. The van der Waals surface area contributed by atoms with Crippen LogP contribution in [0.4, 0.5) is 0 Å². The van der Waals surface area contributed by atoms with Crippen LogP contribution in [0.2, 0.25) is 0 Å². The Morgan fingerprint density at radius 3 is 2.52 bits per heavy atom. The van der Waals surface area contributed by atoms with E-state index >= 15 is 0 Å². The summed E-state index contributed by atoms with van der Waals surface area (Å²) in [5.74, 6) is 0.884. The molecular weight excluding hydrogens is 437 g/mol. The van der Waals surface area contributed by atoms with Crippen molar-refractivity contribution in [2.24, 2.45) is 10.9 Å². The van der Waals surface area contributed by atoms with Crippen LogP contribution in [0.1, 0.15) is 32.6 Å². The Hall–Kier alpha value is -0.610. The zero-order valence-electron chi connectivity index (χ0n) is 15.8. The molecule has 0 aromatic heterocycles. The molecule has 0 saturated carbocycles. The molecule has 1 rings (SSSR count). The molecule has 1 N–H and O–H groups in total. The van der Waals surface area contributed by atoms with Gasteiger partial charge in [0.15, 0.2) is 5.96 Å². The molecule has 0 spiro atoms. The molecule has 25 heavy (non-hydrogen) atoms.